The van der Waals surface area contributed by atoms with Crippen LogP contribution in [0.3, 0.4) is 0 Å². The maximum Gasteiger partial charge on any atom is 0.252 e. The van der Waals surface area contributed by atoms with Gasteiger partial charge in [-0.25, -0.2) is 4.98 Å². The molecule has 1 heterocycles. The highest BCUT2D eigenvalue weighted by Crippen LogP contribution is 2.17. The van der Waals surface area contributed by atoms with E-state index in [1.807, 2.05) is 42.7 Å². The molecule has 0 saturated heterocycles. The van der Waals surface area contributed by atoms with Crippen LogP contribution in [-0.4, -0.2) is 34.0 Å². The zero-order valence-corrected chi connectivity index (χ0v) is 17.4. The number of nitrogens with zero attached hydrogens (tertiary/aromatic N) is 2. The van der Waals surface area contributed by atoms with Gasteiger partial charge in [0.25, 0.3) is 5.91 Å². The molecule has 3 rings (SSSR count). The Morgan fingerprint density at radius 2 is 1.86 bits per heavy atom. The van der Waals surface area contributed by atoms with Gasteiger partial charge in [-0.05, 0) is 37.6 Å². The third-order valence-corrected chi connectivity index (χ3v) is 5.14. The molecule has 0 bridgehead atoms. The van der Waals surface area contributed by atoms with Gasteiger partial charge in [0.1, 0.15) is 12.4 Å². The second-order valence-corrected chi connectivity index (χ2v) is 7.37. The van der Waals surface area contributed by atoms with Crippen LogP contribution in [-0.2, 0) is 17.8 Å². The normalized spacial score (nSPS) is 12.0. The Labute approximate surface area is 175 Å². The lowest BCUT2D eigenvalue weighted by Crippen LogP contribution is -2.35. The van der Waals surface area contributed by atoms with Gasteiger partial charge in [0, 0.05) is 19.0 Å². The van der Waals surface area contributed by atoms with Gasteiger partial charge < -0.3 is 15.2 Å². The quantitative estimate of drug-likeness (QED) is 0.593. The molecular weight excluding hydrogens is 388 g/mol. The summed E-state index contributed by atoms with van der Waals surface area (Å²) in [6.07, 6.45) is 1.37. The lowest BCUT2D eigenvalue weighted by molar-refractivity contribution is -0.122. The van der Waals surface area contributed by atoms with E-state index in [0.717, 1.165) is 23.3 Å². The summed E-state index contributed by atoms with van der Waals surface area (Å²) in [5.41, 5.74) is 2.17. The van der Waals surface area contributed by atoms with Crippen LogP contribution in [0, 0.1) is 0 Å². The molecule has 0 saturated carbocycles. The molecule has 0 radical (unpaired) electrons. The number of carbonyl (C=O) groups is 2. The molecule has 1 aromatic heterocycles. The number of imidazole rings is 1. The number of rotatable bonds is 8. The highest BCUT2D eigenvalue weighted by molar-refractivity contribution is 6.33. The molecule has 0 fully saturated rings. The second-order valence-electron chi connectivity index (χ2n) is 6.97. The molecule has 29 heavy (non-hydrogen) atoms. The molecule has 0 spiro atoms. The van der Waals surface area contributed by atoms with Crippen LogP contribution in [0.25, 0.3) is 11.0 Å². The van der Waals surface area contributed by atoms with Crippen molar-refractivity contribution in [2.45, 2.75) is 39.3 Å². The molecule has 1 unspecified atom stereocenters. The Morgan fingerprint density at radius 3 is 2.62 bits per heavy atom. The highest BCUT2D eigenvalue weighted by Gasteiger charge is 2.15. The molecule has 6 nitrogen and oxygen atoms in total. The minimum absolute atomic E-state index is 0.0520. The summed E-state index contributed by atoms with van der Waals surface area (Å²) in [5.74, 6) is 0.474. The molecule has 152 valence electrons. The van der Waals surface area contributed by atoms with Gasteiger partial charge in [-0.3, -0.25) is 9.59 Å². The average Bonchev–Trinajstić information content (AvgIpc) is 3.05. The van der Waals surface area contributed by atoms with Crippen LogP contribution in [0.2, 0.25) is 5.02 Å². The van der Waals surface area contributed by atoms with Crippen LogP contribution >= 0.6 is 11.6 Å². The number of hydrogen-bond acceptors (Lipinski definition) is 3. The Morgan fingerprint density at radius 1 is 1.14 bits per heavy atom. The summed E-state index contributed by atoms with van der Waals surface area (Å²) in [7, 11) is 0. The molecule has 7 heteroatoms. The van der Waals surface area contributed by atoms with E-state index in [1.165, 1.54) is 0 Å². The van der Waals surface area contributed by atoms with Crippen molar-refractivity contribution >= 4 is 34.4 Å². The number of aromatic nitrogens is 2. The van der Waals surface area contributed by atoms with Gasteiger partial charge in [-0.2, -0.15) is 0 Å². The van der Waals surface area contributed by atoms with Crippen molar-refractivity contribution in [1.29, 1.82) is 0 Å². The van der Waals surface area contributed by atoms with E-state index >= 15 is 0 Å². The van der Waals surface area contributed by atoms with Gasteiger partial charge >= 0.3 is 0 Å². The summed E-state index contributed by atoms with van der Waals surface area (Å²) in [5, 5.41) is 6.28. The van der Waals surface area contributed by atoms with E-state index < -0.39 is 0 Å². The number of halogens is 1. The zero-order chi connectivity index (χ0) is 20.8. The monoisotopic (exact) mass is 412 g/mol. The number of nitrogens with one attached hydrogen (secondary N) is 2. The van der Waals surface area contributed by atoms with E-state index in [4.69, 9.17) is 11.6 Å². The van der Waals surface area contributed by atoms with Crippen molar-refractivity contribution in [2.24, 2.45) is 0 Å². The fourth-order valence-corrected chi connectivity index (χ4v) is 3.31. The second kappa shape index (κ2) is 9.56. The number of carbonyl (C=O) groups excluding carboxylic acids is 2. The van der Waals surface area contributed by atoms with Crippen LogP contribution in [0.5, 0.6) is 0 Å². The molecule has 2 aromatic carbocycles. The molecule has 0 aliphatic heterocycles. The number of para-hydroxylation sites is 2. The predicted molar refractivity (Wildman–Crippen MR) is 115 cm³/mol. The third-order valence-electron chi connectivity index (χ3n) is 4.81. The first-order valence-electron chi connectivity index (χ1n) is 9.75. The van der Waals surface area contributed by atoms with Gasteiger partial charge in [-0.15, -0.1) is 0 Å². The summed E-state index contributed by atoms with van der Waals surface area (Å²) in [6, 6.07) is 14.8. The average molecular weight is 413 g/mol. The minimum atomic E-state index is -0.229. The Kier molecular flexibility index (Phi) is 6.88. The lowest BCUT2D eigenvalue weighted by Gasteiger charge is -2.14. The predicted octanol–water partition coefficient (Wildman–Crippen LogP) is 3.58. The lowest BCUT2D eigenvalue weighted by atomic mass is 10.2. The third kappa shape index (κ3) is 5.15. The van der Waals surface area contributed by atoms with Gasteiger partial charge in [0.15, 0.2) is 0 Å². The van der Waals surface area contributed by atoms with Crippen LogP contribution in [0.15, 0.2) is 48.5 Å². The number of fused-ring (bicyclic) bond motifs is 1. The molecule has 3 aromatic rings. The standard InChI is InChI=1S/C22H25ClN4O2/c1-3-15(2)25-21(28)14-27-19-11-7-6-10-18(19)26-20(27)12-13-24-22(29)16-8-4-5-9-17(16)23/h4-11,15H,3,12-14H2,1-2H3,(H,24,29)(H,25,28). The van der Waals surface area contributed by atoms with Crippen LogP contribution in [0.1, 0.15) is 36.5 Å². The van der Waals surface area contributed by atoms with Crippen LogP contribution < -0.4 is 10.6 Å². The van der Waals surface area contributed by atoms with E-state index in [0.29, 0.717) is 23.6 Å². The minimum Gasteiger partial charge on any atom is -0.352 e. The first-order valence-corrected chi connectivity index (χ1v) is 10.1. The number of amides is 2. The molecule has 0 aliphatic rings. The van der Waals surface area contributed by atoms with Crippen molar-refractivity contribution in [1.82, 2.24) is 20.2 Å². The van der Waals surface area contributed by atoms with E-state index in [-0.39, 0.29) is 24.4 Å². The number of benzene rings is 2. The largest absolute Gasteiger partial charge is 0.352 e. The Bertz CT molecular complexity index is 1010. The molecule has 2 N–H and O–H groups in total. The molecule has 1 atom stereocenters. The maximum absolute atomic E-state index is 12.4. The van der Waals surface area contributed by atoms with E-state index in [9.17, 15) is 9.59 Å². The zero-order valence-electron chi connectivity index (χ0n) is 16.6. The summed E-state index contributed by atoms with van der Waals surface area (Å²) in [6.45, 7) is 4.60. The summed E-state index contributed by atoms with van der Waals surface area (Å²) in [4.78, 5) is 29.5. The SMILES string of the molecule is CCC(C)NC(=O)Cn1c(CCNC(=O)c2ccccc2Cl)nc2ccccc21. The number of hydrogen-bond donors (Lipinski definition) is 2. The fraction of sp³-hybridized carbons (Fsp3) is 0.318. The topological polar surface area (TPSA) is 76.0 Å². The van der Waals surface area contributed by atoms with Crippen molar-refractivity contribution in [3.63, 3.8) is 0 Å². The van der Waals surface area contributed by atoms with Gasteiger partial charge in [-0.1, -0.05) is 42.8 Å². The van der Waals surface area contributed by atoms with Gasteiger partial charge in [0.2, 0.25) is 5.91 Å². The maximum atomic E-state index is 12.4. The Balaban J connectivity index is 1.72. The van der Waals surface area contributed by atoms with Crippen molar-refractivity contribution in [3.8, 4) is 0 Å². The highest BCUT2D eigenvalue weighted by atomic mass is 35.5. The Hall–Kier alpha value is -2.86. The van der Waals surface area contributed by atoms with E-state index in [1.54, 1.807) is 24.3 Å². The van der Waals surface area contributed by atoms with Gasteiger partial charge in [0.05, 0.1) is 21.6 Å². The van der Waals surface area contributed by atoms with Crippen molar-refractivity contribution < 1.29 is 9.59 Å². The van der Waals surface area contributed by atoms with E-state index in [2.05, 4.69) is 15.6 Å². The molecule has 2 amide bonds. The van der Waals surface area contributed by atoms with Crippen LogP contribution in [0.4, 0.5) is 0 Å². The fourth-order valence-electron chi connectivity index (χ4n) is 3.09. The molecular formula is C22H25ClN4O2. The summed E-state index contributed by atoms with van der Waals surface area (Å²) >= 11 is 6.08. The smallest absolute Gasteiger partial charge is 0.252 e. The molecule has 0 aliphatic carbocycles. The van der Waals surface area contributed by atoms with Crippen molar-refractivity contribution in [3.05, 3.63) is 64.9 Å². The van der Waals surface area contributed by atoms with Crippen molar-refractivity contribution in [2.75, 3.05) is 6.54 Å². The first kappa shape index (κ1) is 20.9. The summed E-state index contributed by atoms with van der Waals surface area (Å²) < 4.78 is 1.91. The first-order chi connectivity index (χ1) is 14.0.